The van der Waals surface area contributed by atoms with Gasteiger partial charge in [0.25, 0.3) is 0 Å². The van der Waals surface area contributed by atoms with E-state index < -0.39 is 0 Å². The topological polar surface area (TPSA) is 18.5 Å². The summed E-state index contributed by atoms with van der Waals surface area (Å²) in [6.07, 6.45) is 16.2. The van der Waals surface area contributed by atoms with Crippen LogP contribution >= 0.6 is 0 Å². The molecule has 29 heavy (non-hydrogen) atoms. The molecule has 2 heteroatoms. The van der Waals surface area contributed by atoms with Crippen molar-refractivity contribution in [2.24, 2.45) is 52.3 Å². The molecular weight excluding hydrogens is 356 g/mol. The third-order valence-corrected chi connectivity index (χ3v) is 11.9. The predicted octanol–water partition coefficient (Wildman–Crippen LogP) is 6.82. The second kappa shape index (κ2) is 6.47. The minimum atomic E-state index is -0.250. The fourth-order valence-corrected chi connectivity index (χ4v) is 10.3. The Labute approximate surface area is 178 Å². The van der Waals surface area contributed by atoms with Crippen LogP contribution in [0.3, 0.4) is 0 Å². The molecule has 0 radical (unpaired) electrons. The number of ether oxygens (including phenoxy) is 2. The molecule has 11 atom stereocenters. The maximum absolute atomic E-state index is 6.92. The second-order valence-electron chi connectivity index (χ2n) is 12.9. The van der Waals surface area contributed by atoms with Gasteiger partial charge in [0.15, 0.2) is 5.79 Å². The van der Waals surface area contributed by atoms with E-state index in [1.165, 1.54) is 64.2 Å². The Bertz CT molecular complexity index is 651. The van der Waals surface area contributed by atoms with Gasteiger partial charge >= 0.3 is 0 Å². The molecule has 0 aromatic rings. The maximum Gasteiger partial charge on any atom is 0.171 e. The van der Waals surface area contributed by atoms with Crippen LogP contribution in [0.5, 0.6) is 0 Å². The summed E-state index contributed by atoms with van der Waals surface area (Å²) in [5, 5.41) is 0. The molecule has 6 fully saturated rings. The van der Waals surface area contributed by atoms with Crippen molar-refractivity contribution in [3.8, 4) is 0 Å². The highest BCUT2D eigenvalue weighted by atomic mass is 16.7. The SMILES string of the molecule is C[C@@H]1CC[C@@]2(OC1)O[C@@H]1C[C@H]3[C@@H]4CC[C@H]5CCCC[C@]5(C)[C@H]4CC[C@]3(C)[C@H]1[C@@H]2C. The first kappa shape index (κ1) is 19.6. The summed E-state index contributed by atoms with van der Waals surface area (Å²) in [4.78, 5) is 0. The van der Waals surface area contributed by atoms with Gasteiger partial charge in [-0.3, -0.25) is 0 Å². The summed E-state index contributed by atoms with van der Waals surface area (Å²) >= 11 is 0. The van der Waals surface area contributed by atoms with Crippen LogP contribution in [0.2, 0.25) is 0 Å². The first-order valence-electron chi connectivity index (χ1n) is 13.2. The van der Waals surface area contributed by atoms with Crippen LogP contribution < -0.4 is 0 Å². The number of rotatable bonds is 0. The second-order valence-corrected chi connectivity index (χ2v) is 12.9. The number of hydrogen-bond acceptors (Lipinski definition) is 2. The Hall–Kier alpha value is -0.0800. The zero-order chi connectivity index (χ0) is 20.0. The molecule has 2 saturated heterocycles. The standard InChI is InChI=1S/C27H44O2/c1-17-10-14-27(28-16-17)18(2)24-23(29-27)15-22-20-9-8-19-7-5-6-12-25(19,3)21(20)11-13-26(22,24)4/h17-24H,5-16H2,1-4H3/t17-,18+,19-,20-,21+,22+,23-,24+,25+,26+,27-/m1/s1. The maximum atomic E-state index is 6.92. The van der Waals surface area contributed by atoms with E-state index in [2.05, 4.69) is 27.7 Å². The fraction of sp³-hybridized carbons (Fsp3) is 1.00. The van der Waals surface area contributed by atoms with Crippen LogP contribution in [-0.2, 0) is 9.47 Å². The van der Waals surface area contributed by atoms with Gasteiger partial charge < -0.3 is 9.47 Å². The molecular formula is C27H44O2. The van der Waals surface area contributed by atoms with Gasteiger partial charge in [-0.1, -0.05) is 40.5 Å². The highest BCUT2D eigenvalue weighted by Gasteiger charge is 2.68. The van der Waals surface area contributed by atoms with Crippen molar-refractivity contribution < 1.29 is 9.47 Å². The van der Waals surface area contributed by atoms with Gasteiger partial charge in [0.05, 0.1) is 12.7 Å². The fourth-order valence-electron chi connectivity index (χ4n) is 10.3. The largest absolute Gasteiger partial charge is 0.349 e. The minimum Gasteiger partial charge on any atom is -0.349 e. The molecule has 2 aliphatic heterocycles. The van der Waals surface area contributed by atoms with E-state index in [-0.39, 0.29) is 5.79 Å². The molecule has 2 heterocycles. The Balaban J connectivity index is 1.27. The van der Waals surface area contributed by atoms with Crippen LogP contribution in [0.25, 0.3) is 0 Å². The van der Waals surface area contributed by atoms with Crippen LogP contribution in [0.15, 0.2) is 0 Å². The Kier molecular flexibility index (Phi) is 4.37. The van der Waals surface area contributed by atoms with Gasteiger partial charge in [0.2, 0.25) is 0 Å². The van der Waals surface area contributed by atoms with Crippen LogP contribution in [0.4, 0.5) is 0 Å². The monoisotopic (exact) mass is 400 g/mol. The Morgan fingerprint density at radius 2 is 1.66 bits per heavy atom. The molecule has 4 aliphatic carbocycles. The molecule has 164 valence electrons. The summed E-state index contributed by atoms with van der Waals surface area (Å²) < 4.78 is 13.4. The zero-order valence-corrected chi connectivity index (χ0v) is 19.4. The first-order chi connectivity index (χ1) is 13.9. The molecule has 6 aliphatic rings. The van der Waals surface area contributed by atoms with Gasteiger partial charge in [-0.25, -0.2) is 0 Å². The Morgan fingerprint density at radius 3 is 2.45 bits per heavy atom. The van der Waals surface area contributed by atoms with Crippen molar-refractivity contribution >= 4 is 0 Å². The van der Waals surface area contributed by atoms with Crippen molar-refractivity contribution in [1.29, 1.82) is 0 Å². The van der Waals surface area contributed by atoms with Crippen molar-refractivity contribution in [3.05, 3.63) is 0 Å². The predicted molar refractivity (Wildman–Crippen MR) is 116 cm³/mol. The quantitative estimate of drug-likeness (QED) is 0.444. The lowest BCUT2D eigenvalue weighted by molar-refractivity contribution is -0.273. The van der Waals surface area contributed by atoms with Crippen LogP contribution in [0, 0.1) is 52.3 Å². The highest BCUT2D eigenvalue weighted by Crippen LogP contribution is 2.71. The molecule has 6 rings (SSSR count). The molecule has 0 unspecified atom stereocenters. The number of hydrogen-bond donors (Lipinski definition) is 0. The van der Waals surface area contributed by atoms with E-state index in [0.717, 1.165) is 42.6 Å². The molecule has 0 N–H and O–H groups in total. The van der Waals surface area contributed by atoms with Crippen molar-refractivity contribution in [2.75, 3.05) is 6.61 Å². The normalized spacial score (nSPS) is 61.7. The summed E-state index contributed by atoms with van der Waals surface area (Å²) in [6, 6.07) is 0. The highest BCUT2D eigenvalue weighted by molar-refractivity contribution is 5.15. The Morgan fingerprint density at radius 1 is 0.793 bits per heavy atom. The smallest absolute Gasteiger partial charge is 0.171 e. The van der Waals surface area contributed by atoms with E-state index in [4.69, 9.17) is 9.47 Å². The molecule has 1 spiro atoms. The van der Waals surface area contributed by atoms with E-state index in [9.17, 15) is 0 Å². The van der Waals surface area contributed by atoms with Crippen LogP contribution in [-0.4, -0.2) is 18.5 Å². The van der Waals surface area contributed by atoms with Gasteiger partial charge in [0.1, 0.15) is 0 Å². The summed E-state index contributed by atoms with van der Waals surface area (Å²) in [5.74, 6) is 5.62. The third-order valence-electron chi connectivity index (χ3n) is 11.9. The summed E-state index contributed by atoms with van der Waals surface area (Å²) in [5.41, 5.74) is 1.13. The van der Waals surface area contributed by atoms with Gasteiger partial charge in [-0.2, -0.15) is 0 Å². The van der Waals surface area contributed by atoms with E-state index in [1.54, 1.807) is 0 Å². The van der Waals surface area contributed by atoms with E-state index >= 15 is 0 Å². The average molecular weight is 401 g/mol. The zero-order valence-electron chi connectivity index (χ0n) is 19.4. The molecule has 0 aromatic carbocycles. The molecule has 0 bridgehead atoms. The number of fused-ring (bicyclic) bond motifs is 7. The third kappa shape index (κ3) is 2.54. The van der Waals surface area contributed by atoms with E-state index in [1.807, 2.05) is 0 Å². The van der Waals surface area contributed by atoms with Gasteiger partial charge in [-0.15, -0.1) is 0 Å². The van der Waals surface area contributed by atoms with Crippen molar-refractivity contribution in [1.82, 2.24) is 0 Å². The summed E-state index contributed by atoms with van der Waals surface area (Å²) in [6.45, 7) is 11.1. The average Bonchev–Trinajstić information content (AvgIpc) is 3.15. The van der Waals surface area contributed by atoms with Crippen molar-refractivity contribution in [2.45, 2.75) is 110 Å². The van der Waals surface area contributed by atoms with Gasteiger partial charge in [-0.05, 0) is 97.7 Å². The lowest BCUT2D eigenvalue weighted by Crippen LogP contribution is -2.54. The molecule has 0 amide bonds. The lowest BCUT2D eigenvalue weighted by atomic mass is 9.44. The van der Waals surface area contributed by atoms with Crippen LogP contribution in [0.1, 0.15) is 98.3 Å². The first-order valence-corrected chi connectivity index (χ1v) is 13.2. The lowest BCUT2D eigenvalue weighted by Gasteiger charge is -2.61. The minimum absolute atomic E-state index is 0.250. The summed E-state index contributed by atoms with van der Waals surface area (Å²) in [7, 11) is 0. The molecule has 2 nitrogen and oxygen atoms in total. The van der Waals surface area contributed by atoms with E-state index in [0.29, 0.717) is 28.8 Å². The van der Waals surface area contributed by atoms with Gasteiger partial charge in [0, 0.05) is 12.3 Å². The van der Waals surface area contributed by atoms with Crippen molar-refractivity contribution in [3.63, 3.8) is 0 Å². The molecule has 4 saturated carbocycles. The molecule has 0 aromatic heterocycles.